The lowest BCUT2D eigenvalue weighted by Crippen LogP contribution is -2.17. The number of halogens is 2. The van der Waals surface area contributed by atoms with Gasteiger partial charge in [-0.25, -0.2) is 8.78 Å². The minimum Gasteiger partial charge on any atom is -0.452 e. The van der Waals surface area contributed by atoms with Gasteiger partial charge in [-0.15, -0.1) is 0 Å². The van der Waals surface area contributed by atoms with Crippen molar-refractivity contribution in [3.8, 4) is 28.6 Å². The molecule has 0 saturated heterocycles. The Morgan fingerprint density at radius 3 is 2.43 bits per heavy atom. The summed E-state index contributed by atoms with van der Waals surface area (Å²) in [7, 11) is 0. The summed E-state index contributed by atoms with van der Waals surface area (Å²) in [5.74, 6) is -0.773. The van der Waals surface area contributed by atoms with Crippen molar-refractivity contribution in [2.24, 2.45) is 0 Å². The highest BCUT2D eigenvalue weighted by molar-refractivity contribution is 5.85. The quantitative estimate of drug-likeness (QED) is 0.319. The standard InChI is InChI=1S/C28H23F2N3O4/c1-15-14-33(22-8-5-17(11-20(22)26(15)34)27-31-16(2)32-37-27)23-12-18(28(3,4)35)6-9-25(23)36-24-10-7-19(29)13-21(24)30/h5-14,35H,1-4H3. The highest BCUT2D eigenvalue weighted by atomic mass is 19.1. The fraction of sp³-hybridized carbons (Fsp3) is 0.179. The summed E-state index contributed by atoms with van der Waals surface area (Å²) in [6.07, 6.45) is 1.65. The molecule has 5 rings (SSSR count). The highest BCUT2D eigenvalue weighted by Gasteiger charge is 2.21. The van der Waals surface area contributed by atoms with E-state index >= 15 is 0 Å². The number of rotatable bonds is 5. The largest absolute Gasteiger partial charge is 0.452 e. The SMILES string of the molecule is Cc1noc(-c2ccc3c(c2)c(=O)c(C)cn3-c2cc(C(C)(C)O)ccc2Oc2ccc(F)cc2F)n1. The van der Waals surface area contributed by atoms with Crippen LogP contribution >= 0.6 is 0 Å². The zero-order valence-corrected chi connectivity index (χ0v) is 20.5. The number of fused-ring (bicyclic) bond motifs is 1. The summed E-state index contributed by atoms with van der Waals surface area (Å²) in [6.45, 7) is 6.66. The second-order valence-corrected chi connectivity index (χ2v) is 9.31. The number of pyridine rings is 1. The molecule has 0 radical (unpaired) electrons. The molecule has 0 aliphatic heterocycles. The molecular formula is C28H23F2N3O4. The van der Waals surface area contributed by atoms with E-state index < -0.39 is 17.2 Å². The van der Waals surface area contributed by atoms with Crippen molar-refractivity contribution in [3.05, 3.63) is 99.6 Å². The van der Waals surface area contributed by atoms with Crippen molar-refractivity contribution < 1.29 is 23.1 Å². The first-order valence-corrected chi connectivity index (χ1v) is 11.5. The van der Waals surface area contributed by atoms with Crippen LogP contribution < -0.4 is 10.2 Å². The fourth-order valence-electron chi connectivity index (χ4n) is 4.06. The average Bonchev–Trinajstić information content (AvgIpc) is 3.29. The fourth-order valence-corrected chi connectivity index (χ4v) is 4.06. The third-order valence-corrected chi connectivity index (χ3v) is 5.99. The minimum atomic E-state index is -1.19. The van der Waals surface area contributed by atoms with E-state index in [0.717, 1.165) is 12.1 Å². The normalized spacial score (nSPS) is 11.8. The molecule has 0 unspecified atom stereocenters. The van der Waals surface area contributed by atoms with Gasteiger partial charge < -0.3 is 18.9 Å². The van der Waals surface area contributed by atoms with Crippen LogP contribution in [0.4, 0.5) is 8.78 Å². The van der Waals surface area contributed by atoms with E-state index in [1.807, 2.05) is 0 Å². The van der Waals surface area contributed by atoms with Crippen LogP contribution in [-0.4, -0.2) is 19.8 Å². The van der Waals surface area contributed by atoms with E-state index in [2.05, 4.69) is 10.1 Å². The van der Waals surface area contributed by atoms with Gasteiger partial charge in [0, 0.05) is 28.8 Å². The van der Waals surface area contributed by atoms with Gasteiger partial charge in [0.2, 0.25) is 0 Å². The zero-order chi connectivity index (χ0) is 26.5. The van der Waals surface area contributed by atoms with Crippen LogP contribution in [0.3, 0.4) is 0 Å². The predicted molar refractivity (Wildman–Crippen MR) is 134 cm³/mol. The molecule has 7 nitrogen and oxygen atoms in total. The molecule has 0 spiro atoms. The van der Waals surface area contributed by atoms with Crippen LogP contribution in [0, 0.1) is 25.5 Å². The molecule has 188 valence electrons. The monoisotopic (exact) mass is 503 g/mol. The van der Waals surface area contributed by atoms with E-state index in [4.69, 9.17) is 9.26 Å². The molecule has 1 N–H and O–H groups in total. The van der Waals surface area contributed by atoms with E-state index in [0.29, 0.717) is 39.1 Å². The summed E-state index contributed by atoms with van der Waals surface area (Å²) >= 11 is 0. The molecule has 0 amide bonds. The summed E-state index contributed by atoms with van der Waals surface area (Å²) in [4.78, 5) is 17.4. The maximum atomic E-state index is 14.4. The lowest BCUT2D eigenvalue weighted by Gasteiger charge is -2.22. The van der Waals surface area contributed by atoms with Gasteiger partial charge in [0.25, 0.3) is 5.89 Å². The maximum Gasteiger partial charge on any atom is 0.257 e. The second kappa shape index (κ2) is 8.94. The molecule has 0 aliphatic rings. The number of hydrogen-bond acceptors (Lipinski definition) is 6. The number of benzene rings is 3. The number of nitrogens with zero attached hydrogens (tertiary/aromatic N) is 3. The van der Waals surface area contributed by atoms with Gasteiger partial charge in [0.15, 0.2) is 28.6 Å². The van der Waals surface area contributed by atoms with Crippen LogP contribution in [0.2, 0.25) is 0 Å². The molecule has 2 heterocycles. The average molecular weight is 504 g/mol. The van der Waals surface area contributed by atoms with Gasteiger partial charge >= 0.3 is 0 Å². The lowest BCUT2D eigenvalue weighted by molar-refractivity contribution is 0.0785. The maximum absolute atomic E-state index is 14.4. The molecule has 2 aromatic heterocycles. The number of ether oxygens (including phenoxy) is 1. The molecular weight excluding hydrogens is 480 g/mol. The van der Waals surface area contributed by atoms with Gasteiger partial charge in [0.1, 0.15) is 5.82 Å². The van der Waals surface area contributed by atoms with Crippen molar-refractivity contribution in [2.75, 3.05) is 0 Å². The molecule has 0 bridgehead atoms. The van der Waals surface area contributed by atoms with Crippen LogP contribution in [0.15, 0.2) is 70.1 Å². The topological polar surface area (TPSA) is 90.4 Å². The summed E-state index contributed by atoms with van der Waals surface area (Å²) in [6, 6.07) is 13.2. The number of aryl methyl sites for hydroxylation is 2. The van der Waals surface area contributed by atoms with Crippen molar-refractivity contribution in [1.29, 1.82) is 0 Å². The third-order valence-electron chi connectivity index (χ3n) is 5.99. The Hall–Kier alpha value is -4.37. The Kier molecular flexibility index (Phi) is 5.88. The van der Waals surface area contributed by atoms with E-state index in [9.17, 15) is 18.7 Å². The summed E-state index contributed by atoms with van der Waals surface area (Å²) in [5.41, 5.74) is 1.19. The molecule has 0 saturated carbocycles. The minimum absolute atomic E-state index is 0.171. The van der Waals surface area contributed by atoms with Crippen molar-refractivity contribution >= 4 is 10.9 Å². The molecule has 5 aromatic rings. The van der Waals surface area contributed by atoms with Gasteiger partial charge in [0.05, 0.1) is 16.8 Å². The Balaban J connectivity index is 1.75. The molecule has 0 aliphatic carbocycles. The summed E-state index contributed by atoms with van der Waals surface area (Å²) in [5, 5.41) is 14.9. The molecule has 37 heavy (non-hydrogen) atoms. The highest BCUT2D eigenvalue weighted by Crippen LogP contribution is 2.35. The Morgan fingerprint density at radius 1 is 1.00 bits per heavy atom. The zero-order valence-electron chi connectivity index (χ0n) is 20.5. The van der Waals surface area contributed by atoms with E-state index in [1.165, 1.54) is 6.07 Å². The van der Waals surface area contributed by atoms with Crippen molar-refractivity contribution in [3.63, 3.8) is 0 Å². The third kappa shape index (κ3) is 4.61. The number of aliphatic hydroxyl groups is 1. The van der Waals surface area contributed by atoms with Gasteiger partial charge in [-0.05, 0) is 75.7 Å². The van der Waals surface area contributed by atoms with Gasteiger partial charge in [-0.1, -0.05) is 11.2 Å². The van der Waals surface area contributed by atoms with Gasteiger partial charge in [-0.2, -0.15) is 4.98 Å². The lowest BCUT2D eigenvalue weighted by atomic mass is 9.97. The second-order valence-electron chi connectivity index (χ2n) is 9.31. The number of aromatic nitrogens is 3. The first-order chi connectivity index (χ1) is 17.5. The smallest absolute Gasteiger partial charge is 0.257 e. The molecule has 0 fully saturated rings. The molecule has 9 heteroatoms. The van der Waals surface area contributed by atoms with Crippen LogP contribution in [-0.2, 0) is 5.60 Å². The van der Waals surface area contributed by atoms with Crippen LogP contribution in [0.5, 0.6) is 11.5 Å². The first kappa shape index (κ1) is 24.3. The van der Waals surface area contributed by atoms with Crippen LogP contribution in [0.25, 0.3) is 28.0 Å². The molecule has 0 atom stereocenters. The Bertz CT molecular complexity index is 1720. The van der Waals surface area contributed by atoms with E-state index in [1.54, 1.807) is 74.9 Å². The molecule has 3 aromatic carbocycles. The van der Waals surface area contributed by atoms with Crippen molar-refractivity contribution in [1.82, 2.24) is 14.7 Å². The number of hydrogen-bond donors (Lipinski definition) is 1. The van der Waals surface area contributed by atoms with E-state index in [-0.39, 0.29) is 22.8 Å². The predicted octanol–water partition coefficient (Wildman–Crippen LogP) is 5.96. The Morgan fingerprint density at radius 2 is 1.76 bits per heavy atom. The van der Waals surface area contributed by atoms with Crippen LogP contribution in [0.1, 0.15) is 30.8 Å². The Labute approximate surface area is 210 Å². The summed E-state index contributed by atoms with van der Waals surface area (Å²) < 4.78 is 40.8. The first-order valence-electron chi connectivity index (χ1n) is 11.5. The van der Waals surface area contributed by atoms with Crippen molar-refractivity contribution in [2.45, 2.75) is 33.3 Å². The van der Waals surface area contributed by atoms with Gasteiger partial charge in [-0.3, -0.25) is 4.79 Å².